The Kier molecular flexibility index (Phi) is 2.76. The van der Waals surface area contributed by atoms with Gasteiger partial charge in [0.1, 0.15) is 17.7 Å². The molecule has 0 bridgehead atoms. The van der Waals surface area contributed by atoms with E-state index in [-0.39, 0.29) is 0 Å². The van der Waals surface area contributed by atoms with Crippen molar-refractivity contribution < 1.29 is 9.26 Å². The van der Waals surface area contributed by atoms with Crippen molar-refractivity contribution in [3.05, 3.63) is 17.7 Å². The third-order valence-corrected chi connectivity index (χ3v) is 3.00. The highest BCUT2D eigenvalue weighted by molar-refractivity contribution is 5.95. The maximum absolute atomic E-state index is 5.77. The second kappa shape index (κ2) is 4.42. The van der Waals surface area contributed by atoms with Crippen LogP contribution in [0.1, 0.15) is 5.56 Å². The maximum Gasteiger partial charge on any atom is 0.206 e. The first kappa shape index (κ1) is 11.2. The largest absolute Gasteiger partial charge is 0.487 e. The minimum absolute atomic E-state index is 0.477. The lowest BCUT2D eigenvalue weighted by Crippen LogP contribution is -2.15. The quantitative estimate of drug-likeness (QED) is 0.830. The van der Waals surface area contributed by atoms with E-state index in [4.69, 9.17) is 9.26 Å². The van der Waals surface area contributed by atoms with Crippen LogP contribution < -0.4 is 4.74 Å². The molecule has 94 valence electrons. The van der Waals surface area contributed by atoms with E-state index in [9.17, 15) is 0 Å². The molecule has 0 unspecified atom stereocenters. The smallest absolute Gasteiger partial charge is 0.206 e. The summed E-state index contributed by atoms with van der Waals surface area (Å²) in [5.74, 6) is 1.48. The van der Waals surface area contributed by atoms with E-state index in [1.54, 1.807) is 6.21 Å². The molecule has 0 atom stereocenters. The molecule has 5 heteroatoms. The Balaban J connectivity index is 2.08. The molecule has 1 aromatic heterocycles. The number of aliphatic imine (C=N–C) groups is 1. The third-order valence-electron chi connectivity index (χ3n) is 3.00. The van der Waals surface area contributed by atoms with Crippen molar-refractivity contribution >= 4 is 23.0 Å². The lowest BCUT2D eigenvalue weighted by atomic mass is 10.1. The van der Waals surface area contributed by atoms with Gasteiger partial charge >= 0.3 is 0 Å². The molecule has 0 spiro atoms. The first-order valence-corrected chi connectivity index (χ1v) is 5.97. The van der Waals surface area contributed by atoms with E-state index in [2.05, 4.69) is 29.1 Å². The zero-order valence-electron chi connectivity index (χ0n) is 10.5. The van der Waals surface area contributed by atoms with Gasteiger partial charge in [0.15, 0.2) is 5.58 Å². The Labute approximate surface area is 105 Å². The van der Waals surface area contributed by atoms with Crippen molar-refractivity contribution in [2.24, 2.45) is 4.99 Å². The van der Waals surface area contributed by atoms with Crippen molar-refractivity contribution in [3.63, 3.8) is 0 Å². The minimum atomic E-state index is 0.477. The fraction of sp³-hybridized carbons (Fsp3) is 0.385. The first-order valence-electron chi connectivity index (χ1n) is 5.97. The number of hydrogen-bond acceptors (Lipinski definition) is 5. The second-order valence-corrected chi connectivity index (χ2v) is 4.61. The summed E-state index contributed by atoms with van der Waals surface area (Å²) >= 11 is 0. The van der Waals surface area contributed by atoms with Crippen LogP contribution in [0.4, 0.5) is 5.82 Å². The van der Waals surface area contributed by atoms with E-state index in [1.165, 1.54) is 5.56 Å². The first-order chi connectivity index (χ1) is 8.75. The zero-order chi connectivity index (χ0) is 12.5. The molecule has 0 saturated carbocycles. The van der Waals surface area contributed by atoms with Crippen LogP contribution >= 0.6 is 0 Å². The molecule has 0 amide bonds. The molecule has 0 aliphatic carbocycles. The van der Waals surface area contributed by atoms with Crippen LogP contribution in [-0.4, -0.2) is 43.5 Å². The van der Waals surface area contributed by atoms with Gasteiger partial charge in [-0.15, -0.1) is 0 Å². The molecule has 0 radical (unpaired) electrons. The summed E-state index contributed by atoms with van der Waals surface area (Å²) in [6.45, 7) is 1.45. The topological polar surface area (TPSA) is 50.9 Å². The molecule has 1 aromatic carbocycles. The van der Waals surface area contributed by atoms with Crippen molar-refractivity contribution in [1.29, 1.82) is 0 Å². The monoisotopic (exact) mass is 245 g/mol. The van der Waals surface area contributed by atoms with Gasteiger partial charge in [-0.3, -0.25) is 0 Å². The fourth-order valence-corrected chi connectivity index (χ4v) is 2.07. The van der Waals surface area contributed by atoms with Gasteiger partial charge in [-0.2, -0.15) is 0 Å². The maximum atomic E-state index is 5.77. The summed E-state index contributed by atoms with van der Waals surface area (Å²) in [5.41, 5.74) is 1.90. The lowest BCUT2D eigenvalue weighted by Gasteiger charge is -2.13. The van der Waals surface area contributed by atoms with Gasteiger partial charge < -0.3 is 14.2 Å². The van der Waals surface area contributed by atoms with E-state index in [0.29, 0.717) is 12.4 Å². The molecule has 0 N–H and O–H groups in total. The molecule has 1 aliphatic rings. The molecule has 0 fully saturated rings. The molecule has 1 aliphatic heterocycles. The summed E-state index contributed by atoms with van der Waals surface area (Å²) < 4.78 is 11.0. The molecule has 2 heterocycles. The Bertz CT molecular complexity index is 602. The second-order valence-electron chi connectivity index (χ2n) is 4.61. The van der Waals surface area contributed by atoms with Crippen LogP contribution in [0.5, 0.6) is 5.75 Å². The Hall–Kier alpha value is -1.88. The van der Waals surface area contributed by atoms with Crippen molar-refractivity contribution in [2.45, 2.75) is 6.42 Å². The molecular formula is C13H15N3O2. The summed E-state index contributed by atoms with van der Waals surface area (Å²) in [7, 11) is 4.12. The minimum Gasteiger partial charge on any atom is -0.487 e. The molecular weight excluding hydrogens is 230 g/mol. The average molecular weight is 245 g/mol. The van der Waals surface area contributed by atoms with E-state index in [1.807, 2.05) is 12.1 Å². The number of benzene rings is 1. The van der Waals surface area contributed by atoms with E-state index in [0.717, 1.165) is 29.7 Å². The van der Waals surface area contributed by atoms with Gasteiger partial charge in [0.05, 0.1) is 0 Å². The lowest BCUT2D eigenvalue weighted by molar-refractivity contribution is 0.373. The van der Waals surface area contributed by atoms with Gasteiger partial charge in [0.2, 0.25) is 5.82 Å². The highest BCUT2D eigenvalue weighted by atomic mass is 16.5. The van der Waals surface area contributed by atoms with Gasteiger partial charge in [0, 0.05) is 12.8 Å². The highest BCUT2D eigenvalue weighted by Gasteiger charge is 2.18. The highest BCUT2D eigenvalue weighted by Crippen LogP contribution is 2.37. The van der Waals surface area contributed by atoms with Crippen molar-refractivity contribution in [2.75, 3.05) is 27.2 Å². The Morgan fingerprint density at radius 2 is 2.22 bits per heavy atom. The average Bonchev–Trinajstić information content (AvgIpc) is 2.63. The summed E-state index contributed by atoms with van der Waals surface area (Å²) in [5, 5.41) is 4.85. The Morgan fingerprint density at radius 1 is 1.33 bits per heavy atom. The van der Waals surface area contributed by atoms with Gasteiger partial charge in [-0.25, -0.2) is 4.99 Å². The third kappa shape index (κ3) is 1.86. The van der Waals surface area contributed by atoms with Crippen LogP contribution in [0.25, 0.3) is 11.0 Å². The van der Waals surface area contributed by atoms with Crippen molar-refractivity contribution in [3.8, 4) is 5.75 Å². The van der Waals surface area contributed by atoms with E-state index < -0.39 is 0 Å². The number of hydrogen-bond donors (Lipinski definition) is 0. The van der Waals surface area contributed by atoms with Gasteiger partial charge in [-0.05, 0) is 32.1 Å². The normalized spacial score (nSPS) is 13.9. The predicted molar refractivity (Wildman–Crippen MR) is 69.9 cm³/mol. The van der Waals surface area contributed by atoms with Crippen LogP contribution in [0.2, 0.25) is 0 Å². The molecule has 18 heavy (non-hydrogen) atoms. The standard InChI is InChI=1S/C13H15N3O2/c1-16(2)7-5-9-3-4-10-11-12(9)17-8-6-14-13(11)15-18-10/h3-4,6H,5,7-8H2,1-2H3. The summed E-state index contributed by atoms with van der Waals surface area (Å²) in [6.07, 6.45) is 2.65. The van der Waals surface area contributed by atoms with Crippen LogP contribution in [0.3, 0.4) is 0 Å². The molecule has 3 rings (SSSR count). The zero-order valence-corrected chi connectivity index (χ0v) is 10.5. The number of ether oxygens (including phenoxy) is 1. The Morgan fingerprint density at radius 3 is 3.06 bits per heavy atom. The number of nitrogens with zero attached hydrogens (tertiary/aromatic N) is 3. The van der Waals surface area contributed by atoms with Gasteiger partial charge in [-0.1, -0.05) is 11.2 Å². The van der Waals surface area contributed by atoms with Crippen LogP contribution in [0.15, 0.2) is 21.6 Å². The fourth-order valence-electron chi connectivity index (χ4n) is 2.07. The van der Waals surface area contributed by atoms with Crippen molar-refractivity contribution in [1.82, 2.24) is 10.1 Å². The summed E-state index contributed by atoms with van der Waals surface area (Å²) in [4.78, 5) is 6.39. The number of aromatic nitrogens is 1. The molecule has 0 saturated heterocycles. The number of rotatable bonds is 3. The molecule has 5 nitrogen and oxygen atoms in total. The SMILES string of the molecule is CN(C)CCc1ccc2onc3c2c1OCC=N3. The van der Waals surface area contributed by atoms with E-state index >= 15 is 0 Å². The van der Waals surface area contributed by atoms with Gasteiger partial charge in [0.25, 0.3) is 0 Å². The predicted octanol–water partition coefficient (Wildman–Crippen LogP) is 2.03. The van der Waals surface area contributed by atoms with Crippen LogP contribution in [0, 0.1) is 0 Å². The molecule has 2 aromatic rings. The van der Waals surface area contributed by atoms with Crippen LogP contribution in [-0.2, 0) is 6.42 Å². The number of likely N-dealkylation sites (N-methyl/N-ethyl adjacent to an activating group) is 1. The summed E-state index contributed by atoms with van der Waals surface area (Å²) in [6, 6.07) is 3.98.